The van der Waals surface area contributed by atoms with Crippen molar-refractivity contribution in [2.45, 2.75) is 16.2 Å². The first-order chi connectivity index (χ1) is 6.86. The molecule has 0 bridgehead atoms. The first kappa shape index (κ1) is 15.1. The fraction of sp³-hybridized carbons (Fsp3) is 0.667. The number of aliphatic carboxylic acids is 2. The molecule has 15 heavy (non-hydrogen) atoms. The number of carbonyl (C=O) groups is 2. The molecule has 0 aliphatic heterocycles. The molecular weight excluding hydrogens is 307 g/mol. The maximum absolute atomic E-state index is 10.5. The summed E-state index contributed by atoms with van der Waals surface area (Å²) in [7, 11) is 2.39. The Balaban J connectivity index is 3.77. The van der Waals surface area contributed by atoms with Crippen molar-refractivity contribution in [2.75, 3.05) is 5.75 Å². The van der Waals surface area contributed by atoms with Gasteiger partial charge < -0.3 is 0 Å². The number of nitrogens with two attached hydrogens (primary N) is 2. The second-order valence-corrected chi connectivity index (χ2v) is 7.06. The van der Waals surface area contributed by atoms with Gasteiger partial charge in [0, 0.05) is 0 Å². The molecule has 0 radical (unpaired) electrons. The summed E-state index contributed by atoms with van der Waals surface area (Å²) in [5.74, 6) is -1.95. The number of rotatable bonds is 7. The van der Waals surface area contributed by atoms with Crippen LogP contribution in [-0.2, 0) is 9.59 Å². The number of hydrogen-bond acceptors (Lipinski definition) is 6. The molecular formula is C6H12N2O4S2Se. The van der Waals surface area contributed by atoms with Gasteiger partial charge in [-0.05, 0) is 0 Å². The molecule has 6 nitrogen and oxygen atoms in total. The summed E-state index contributed by atoms with van der Waals surface area (Å²) in [5.41, 5.74) is 10.6. The van der Waals surface area contributed by atoms with Crippen LogP contribution in [0, 0.1) is 0 Å². The molecule has 0 saturated heterocycles. The van der Waals surface area contributed by atoms with Crippen LogP contribution >= 0.6 is 21.6 Å². The molecule has 3 atom stereocenters. The van der Waals surface area contributed by atoms with Gasteiger partial charge in [-0.15, -0.1) is 0 Å². The summed E-state index contributed by atoms with van der Waals surface area (Å²) in [6.07, 6.45) is 0. The molecule has 1 unspecified atom stereocenters. The molecule has 0 spiro atoms. The van der Waals surface area contributed by atoms with Gasteiger partial charge in [0.15, 0.2) is 0 Å². The molecule has 88 valence electrons. The van der Waals surface area contributed by atoms with Gasteiger partial charge in [0.05, 0.1) is 0 Å². The second-order valence-electron chi connectivity index (χ2n) is 2.58. The SMILES string of the molecule is N[C@H](C(=O)O)C([SeH])SSC[C@H](N)C(=O)O. The zero-order chi connectivity index (χ0) is 12.0. The van der Waals surface area contributed by atoms with Crippen LogP contribution in [0.25, 0.3) is 0 Å². The van der Waals surface area contributed by atoms with E-state index in [0.29, 0.717) is 0 Å². The summed E-state index contributed by atoms with van der Waals surface area (Å²) in [6.45, 7) is 0. The van der Waals surface area contributed by atoms with Crippen molar-refractivity contribution in [2.24, 2.45) is 11.5 Å². The van der Waals surface area contributed by atoms with Gasteiger partial charge in [-0.25, -0.2) is 0 Å². The van der Waals surface area contributed by atoms with E-state index in [9.17, 15) is 9.59 Å². The van der Waals surface area contributed by atoms with Crippen molar-refractivity contribution >= 4 is 49.5 Å². The van der Waals surface area contributed by atoms with Crippen molar-refractivity contribution in [1.82, 2.24) is 0 Å². The molecule has 0 saturated carbocycles. The van der Waals surface area contributed by atoms with Gasteiger partial charge in [0.25, 0.3) is 0 Å². The van der Waals surface area contributed by atoms with Crippen LogP contribution in [0.3, 0.4) is 0 Å². The second kappa shape index (κ2) is 7.37. The molecule has 0 fully saturated rings. The Labute approximate surface area is 103 Å². The molecule has 0 aliphatic carbocycles. The van der Waals surface area contributed by atoms with E-state index in [2.05, 4.69) is 16.0 Å². The van der Waals surface area contributed by atoms with Crippen LogP contribution in [0.4, 0.5) is 0 Å². The minimum atomic E-state index is -1.09. The quantitative estimate of drug-likeness (QED) is 0.327. The van der Waals surface area contributed by atoms with E-state index in [0.717, 1.165) is 0 Å². The topological polar surface area (TPSA) is 127 Å². The molecule has 0 rings (SSSR count). The summed E-state index contributed by atoms with van der Waals surface area (Å²) in [4.78, 5) is 20.8. The third-order valence-electron chi connectivity index (χ3n) is 1.32. The Morgan fingerprint density at radius 3 is 2.20 bits per heavy atom. The van der Waals surface area contributed by atoms with E-state index in [-0.39, 0.29) is 9.90 Å². The Hall–Kier alpha value is 0.0795. The monoisotopic (exact) mass is 320 g/mol. The Morgan fingerprint density at radius 2 is 1.80 bits per heavy atom. The van der Waals surface area contributed by atoms with Crippen LogP contribution in [0.15, 0.2) is 0 Å². The zero-order valence-electron chi connectivity index (χ0n) is 7.57. The average molecular weight is 319 g/mol. The van der Waals surface area contributed by atoms with Gasteiger partial charge in [-0.1, -0.05) is 0 Å². The van der Waals surface area contributed by atoms with Crippen molar-refractivity contribution in [1.29, 1.82) is 0 Å². The van der Waals surface area contributed by atoms with Crippen LogP contribution in [0.1, 0.15) is 0 Å². The molecule has 9 heteroatoms. The first-order valence-electron chi connectivity index (χ1n) is 3.79. The molecule has 0 aliphatic rings. The normalized spacial score (nSPS) is 16.7. The van der Waals surface area contributed by atoms with E-state index in [1.165, 1.54) is 21.6 Å². The van der Waals surface area contributed by atoms with Crippen molar-refractivity contribution < 1.29 is 19.8 Å². The van der Waals surface area contributed by atoms with Crippen molar-refractivity contribution in [3.05, 3.63) is 0 Å². The van der Waals surface area contributed by atoms with Crippen LogP contribution in [0.2, 0.25) is 0 Å². The standard InChI is InChI=1S/C6H12N2O4S2Se/c7-2(4(9)10)1-13-14-6(15)3(8)5(11)12/h2-3,6,15H,1,7-8H2,(H,9,10)(H,11,12)/t2-,3+,6?/m0/s1. The fourth-order valence-corrected chi connectivity index (χ4v) is 4.05. The van der Waals surface area contributed by atoms with Crippen LogP contribution in [-0.4, -0.2) is 60.1 Å². The Kier molecular flexibility index (Phi) is 7.41. The molecule has 0 aromatic heterocycles. The summed E-state index contributed by atoms with van der Waals surface area (Å²) < 4.78 is -0.360. The van der Waals surface area contributed by atoms with Gasteiger partial charge in [0.1, 0.15) is 0 Å². The van der Waals surface area contributed by atoms with Crippen molar-refractivity contribution in [3.63, 3.8) is 0 Å². The number of carboxylic acid groups (broad SMARTS) is 2. The van der Waals surface area contributed by atoms with Gasteiger partial charge >= 0.3 is 103 Å². The van der Waals surface area contributed by atoms with Crippen LogP contribution in [0.5, 0.6) is 0 Å². The summed E-state index contributed by atoms with van der Waals surface area (Å²) >= 11 is 2.14. The predicted molar refractivity (Wildman–Crippen MR) is 62.2 cm³/mol. The minimum absolute atomic E-state index is 0.209. The number of hydrogen-bond donors (Lipinski definition) is 4. The Bertz CT molecular complexity index is 243. The molecule has 0 aromatic rings. The number of carboxylic acids is 2. The van der Waals surface area contributed by atoms with Gasteiger partial charge in [-0.3, -0.25) is 0 Å². The van der Waals surface area contributed by atoms with E-state index in [1.807, 2.05) is 0 Å². The van der Waals surface area contributed by atoms with Gasteiger partial charge in [0.2, 0.25) is 0 Å². The van der Waals surface area contributed by atoms with Crippen molar-refractivity contribution in [3.8, 4) is 0 Å². The first-order valence-corrected chi connectivity index (χ1v) is 7.26. The van der Waals surface area contributed by atoms with Crippen LogP contribution < -0.4 is 11.5 Å². The molecule has 0 aromatic carbocycles. The van der Waals surface area contributed by atoms with E-state index in [1.54, 1.807) is 0 Å². The molecule has 0 heterocycles. The van der Waals surface area contributed by atoms with Gasteiger partial charge in [-0.2, -0.15) is 0 Å². The third kappa shape index (κ3) is 6.29. The predicted octanol–water partition coefficient (Wildman–Crippen LogP) is -1.58. The molecule has 0 amide bonds. The maximum atomic E-state index is 10.5. The summed E-state index contributed by atoms with van der Waals surface area (Å²) in [6, 6.07) is -1.92. The zero-order valence-corrected chi connectivity index (χ0v) is 11.1. The van der Waals surface area contributed by atoms with E-state index < -0.39 is 24.0 Å². The van der Waals surface area contributed by atoms with E-state index >= 15 is 0 Å². The fourth-order valence-electron chi connectivity index (χ4n) is 0.435. The third-order valence-corrected chi connectivity index (χ3v) is 6.15. The Morgan fingerprint density at radius 1 is 1.27 bits per heavy atom. The van der Waals surface area contributed by atoms with E-state index in [4.69, 9.17) is 21.7 Å². The summed E-state index contributed by atoms with van der Waals surface area (Å²) in [5, 5.41) is 17.0. The molecule has 6 N–H and O–H groups in total. The average Bonchev–Trinajstić information content (AvgIpc) is 2.15.